The topological polar surface area (TPSA) is 59.4 Å². The number of thiazole rings is 1. The number of halogens is 3. The molecule has 0 spiro atoms. The molecule has 2 rings (SSSR count). The lowest BCUT2D eigenvalue weighted by Gasteiger charge is -2.12. The van der Waals surface area contributed by atoms with E-state index in [4.69, 9.17) is 4.74 Å². The second kappa shape index (κ2) is 6.93. The number of esters is 1. The minimum absolute atomic E-state index is 0.184. The summed E-state index contributed by atoms with van der Waals surface area (Å²) in [4.78, 5) is 15.7. The Kier molecular flexibility index (Phi) is 5.17. The highest BCUT2D eigenvalue weighted by Crippen LogP contribution is 2.29. The first-order chi connectivity index (χ1) is 10.8. The molecular formula is C15H12F3NO3S. The van der Waals surface area contributed by atoms with E-state index < -0.39 is 23.8 Å². The molecule has 0 saturated heterocycles. The molecular weight excluding hydrogens is 331 g/mol. The maximum atomic E-state index is 12.6. The number of carbonyl (C=O) groups is 1. The van der Waals surface area contributed by atoms with Crippen molar-refractivity contribution >= 4 is 17.3 Å². The maximum absolute atomic E-state index is 12.6. The van der Waals surface area contributed by atoms with Crippen molar-refractivity contribution in [2.45, 2.75) is 18.9 Å². The molecule has 1 aromatic carbocycles. The van der Waals surface area contributed by atoms with Crippen LogP contribution in [-0.2, 0) is 22.3 Å². The molecule has 4 nitrogen and oxygen atoms in total. The molecule has 0 aliphatic rings. The molecule has 122 valence electrons. The number of ether oxygens (including phenoxy) is 1. The largest absolute Gasteiger partial charge is 0.457 e. The third-order valence-corrected chi connectivity index (χ3v) is 3.55. The van der Waals surface area contributed by atoms with Crippen LogP contribution in [0.2, 0.25) is 0 Å². The molecule has 1 atom stereocenters. The van der Waals surface area contributed by atoms with Crippen LogP contribution in [0.3, 0.4) is 0 Å². The van der Waals surface area contributed by atoms with Crippen LogP contribution in [0.5, 0.6) is 0 Å². The zero-order chi connectivity index (χ0) is 17.0. The van der Waals surface area contributed by atoms with Gasteiger partial charge in [-0.25, -0.2) is 9.78 Å². The summed E-state index contributed by atoms with van der Waals surface area (Å²) in [6.07, 6.45) is -5.78. The fourth-order valence-electron chi connectivity index (χ4n) is 1.73. The van der Waals surface area contributed by atoms with Crippen LogP contribution in [0.25, 0.3) is 0 Å². The molecule has 1 unspecified atom stereocenters. The highest BCUT2D eigenvalue weighted by atomic mass is 32.1. The highest BCUT2D eigenvalue weighted by molar-refractivity contribution is 7.07. The number of hydrogen-bond acceptors (Lipinski definition) is 5. The number of alkyl halides is 3. The van der Waals surface area contributed by atoms with Crippen LogP contribution in [0, 0.1) is 0 Å². The zero-order valence-electron chi connectivity index (χ0n) is 11.7. The van der Waals surface area contributed by atoms with Gasteiger partial charge in [-0.05, 0) is 17.7 Å². The van der Waals surface area contributed by atoms with Gasteiger partial charge in [-0.3, -0.25) is 0 Å². The Labute approximate surface area is 133 Å². The van der Waals surface area contributed by atoms with Crippen molar-refractivity contribution in [3.63, 3.8) is 0 Å². The number of aromatic nitrogens is 1. The van der Waals surface area contributed by atoms with E-state index in [0.717, 1.165) is 12.1 Å². The molecule has 23 heavy (non-hydrogen) atoms. The van der Waals surface area contributed by atoms with E-state index in [1.807, 2.05) is 0 Å². The molecule has 0 saturated carbocycles. The summed E-state index contributed by atoms with van der Waals surface area (Å²) in [5, 5.41) is 11.4. The second-order valence-electron chi connectivity index (χ2n) is 4.62. The van der Waals surface area contributed by atoms with Crippen molar-refractivity contribution in [2.24, 2.45) is 0 Å². The summed E-state index contributed by atoms with van der Waals surface area (Å²) in [6, 6.07) is 4.45. The molecule has 0 aliphatic heterocycles. The Morgan fingerprint density at radius 2 is 2.17 bits per heavy atom. The number of carbonyl (C=O) groups excluding carboxylic acids is 1. The van der Waals surface area contributed by atoms with Gasteiger partial charge in [-0.1, -0.05) is 18.7 Å². The quantitative estimate of drug-likeness (QED) is 0.667. The minimum Gasteiger partial charge on any atom is -0.457 e. The summed E-state index contributed by atoms with van der Waals surface area (Å²) in [5.41, 5.74) is 0.871. The molecule has 1 heterocycles. The van der Waals surface area contributed by atoms with Gasteiger partial charge in [0.25, 0.3) is 0 Å². The molecule has 0 fully saturated rings. The lowest BCUT2D eigenvalue weighted by Crippen LogP contribution is -2.14. The van der Waals surface area contributed by atoms with Crippen molar-refractivity contribution in [3.05, 3.63) is 64.1 Å². The number of rotatable bonds is 5. The smallest absolute Gasteiger partial charge is 0.416 e. The lowest BCUT2D eigenvalue weighted by atomic mass is 10.1. The van der Waals surface area contributed by atoms with Crippen molar-refractivity contribution in [1.29, 1.82) is 0 Å². The molecule has 0 amide bonds. The van der Waals surface area contributed by atoms with E-state index in [0.29, 0.717) is 0 Å². The van der Waals surface area contributed by atoms with E-state index in [1.54, 1.807) is 5.38 Å². The first kappa shape index (κ1) is 17.2. The van der Waals surface area contributed by atoms with Crippen molar-refractivity contribution < 1.29 is 27.8 Å². The molecule has 0 radical (unpaired) electrons. The van der Waals surface area contributed by atoms with E-state index >= 15 is 0 Å². The molecule has 2 aromatic rings. The minimum atomic E-state index is -4.47. The second-order valence-corrected chi connectivity index (χ2v) is 5.33. The van der Waals surface area contributed by atoms with E-state index in [1.165, 1.54) is 29.0 Å². The monoisotopic (exact) mass is 343 g/mol. The summed E-state index contributed by atoms with van der Waals surface area (Å²) in [7, 11) is 0. The van der Waals surface area contributed by atoms with Crippen LogP contribution in [0.15, 0.2) is 47.3 Å². The molecule has 1 N–H and O–H groups in total. The van der Waals surface area contributed by atoms with Gasteiger partial charge < -0.3 is 9.84 Å². The number of hydrogen-bond donors (Lipinski definition) is 1. The molecule has 0 bridgehead atoms. The van der Waals surface area contributed by atoms with Crippen molar-refractivity contribution in [2.75, 3.05) is 0 Å². The molecule has 8 heteroatoms. The van der Waals surface area contributed by atoms with Gasteiger partial charge in [0.2, 0.25) is 0 Å². The van der Waals surface area contributed by atoms with Gasteiger partial charge in [0.1, 0.15) is 12.7 Å². The van der Waals surface area contributed by atoms with Crippen LogP contribution in [0.1, 0.15) is 22.9 Å². The summed E-state index contributed by atoms with van der Waals surface area (Å²) in [6.45, 7) is 3.08. The maximum Gasteiger partial charge on any atom is 0.416 e. The summed E-state index contributed by atoms with van der Waals surface area (Å²) < 4.78 is 42.7. The van der Waals surface area contributed by atoms with Gasteiger partial charge in [-0.15, -0.1) is 11.3 Å². The predicted octanol–water partition coefficient (Wildman–Crippen LogP) is 3.49. The Balaban J connectivity index is 1.98. The van der Waals surface area contributed by atoms with E-state index in [-0.39, 0.29) is 23.4 Å². The van der Waals surface area contributed by atoms with E-state index in [2.05, 4.69) is 11.6 Å². The average Bonchev–Trinajstić information content (AvgIpc) is 3.05. The highest BCUT2D eigenvalue weighted by Gasteiger charge is 2.30. The number of benzene rings is 1. The van der Waals surface area contributed by atoms with Crippen molar-refractivity contribution in [3.8, 4) is 0 Å². The Bertz CT molecular complexity index is 698. The summed E-state index contributed by atoms with van der Waals surface area (Å²) in [5.74, 6) is -0.900. The Morgan fingerprint density at radius 3 is 2.78 bits per heavy atom. The predicted molar refractivity (Wildman–Crippen MR) is 77.5 cm³/mol. The van der Waals surface area contributed by atoms with Crippen LogP contribution < -0.4 is 0 Å². The van der Waals surface area contributed by atoms with Crippen LogP contribution in [0.4, 0.5) is 13.2 Å². The Morgan fingerprint density at radius 1 is 1.43 bits per heavy atom. The molecule has 0 aliphatic carbocycles. The number of nitrogens with zero attached hydrogens (tertiary/aromatic N) is 1. The standard InChI is InChI=1S/C15H12F3NO3S/c1-9(13(20)12-7-23-8-19-12)14(21)22-6-10-3-2-4-11(5-10)15(16,17)18/h2-5,7-8,13,20H,1,6H2. The number of aliphatic hydroxyl groups excluding tert-OH is 1. The third-order valence-electron chi connectivity index (χ3n) is 2.95. The fourth-order valence-corrected chi connectivity index (χ4v) is 2.30. The van der Waals surface area contributed by atoms with Gasteiger partial charge in [0.05, 0.1) is 22.3 Å². The van der Waals surface area contributed by atoms with Gasteiger partial charge in [-0.2, -0.15) is 13.2 Å². The third kappa shape index (κ3) is 4.40. The average molecular weight is 343 g/mol. The van der Waals surface area contributed by atoms with Crippen molar-refractivity contribution in [1.82, 2.24) is 4.98 Å². The normalized spacial score (nSPS) is 12.7. The number of aliphatic hydroxyl groups is 1. The van der Waals surface area contributed by atoms with Crippen LogP contribution >= 0.6 is 11.3 Å². The SMILES string of the molecule is C=C(C(=O)OCc1cccc(C(F)(F)F)c1)C(O)c1cscn1. The summed E-state index contributed by atoms with van der Waals surface area (Å²) >= 11 is 1.24. The van der Waals surface area contributed by atoms with Gasteiger partial charge in [0, 0.05) is 5.38 Å². The van der Waals surface area contributed by atoms with Gasteiger partial charge in [0.15, 0.2) is 0 Å². The lowest BCUT2D eigenvalue weighted by molar-refractivity contribution is -0.141. The van der Waals surface area contributed by atoms with Gasteiger partial charge >= 0.3 is 12.1 Å². The first-order valence-electron chi connectivity index (χ1n) is 6.37. The molecule has 1 aromatic heterocycles. The fraction of sp³-hybridized carbons (Fsp3) is 0.200. The zero-order valence-corrected chi connectivity index (χ0v) is 12.5. The Hall–Kier alpha value is -2.19. The van der Waals surface area contributed by atoms with E-state index in [9.17, 15) is 23.1 Å². The first-order valence-corrected chi connectivity index (χ1v) is 7.31. The van der Waals surface area contributed by atoms with Crippen LogP contribution in [-0.4, -0.2) is 16.1 Å².